The molecule has 0 saturated heterocycles. The van der Waals surface area contributed by atoms with Gasteiger partial charge in [0.15, 0.2) is 0 Å². The van der Waals surface area contributed by atoms with Crippen molar-refractivity contribution in [2.24, 2.45) is 0 Å². The first kappa shape index (κ1) is 21.1. The van der Waals surface area contributed by atoms with Gasteiger partial charge >= 0.3 is 0 Å². The highest BCUT2D eigenvalue weighted by Gasteiger charge is 2.22. The number of nitrogens with one attached hydrogen (secondary N) is 1. The third-order valence-corrected chi connectivity index (χ3v) is 5.00. The summed E-state index contributed by atoms with van der Waals surface area (Å²) in [5.74, 6) is 1.80. The van der Waals surface area contributed by atoms with Crippen LogP contribution in [0.25, 0.3) is 5.78 Å². The number of methoxy groups -OCH3 is 2. The zero-order valence-corrected chi connectivity index (χ0v) is 18.0. The SMILES string of the molecule is COc1ccc(CC(=O)N(Cc2nc3nc(C)cc(=O)n3[nH]2)c2ccccc2OC)cc1. The Morgan fingerprint density at radius 2 is 1.81 bits per heavy atom. The predicted molar refractivity (Wildman–Crippen MR) is 119 cm³/mol. The fourth-order valence-electron chi connectivity index (χ4n) is 3.43. The normalized spacial score (nSPS) is 10.8. The Bertz CT molecular complexity index is 1310. The first-order valence-electron chi connectivity index (χ1n) is 10.00. The zero-order valence-electron chi connectivity index (χ0n) is 18.0. The molecule has 9 heteroatoms. The number of para-hydroxylation sites is 2. The Morgan fingerprint density at radius 3 is 2.53 bits per heavy atom. The second-order valence-electron chi connectivity index (χ2n) is 7.22. The third-order valence-electron chi connectivity index (χ3n) is 5.00. The lowest BCUT2D eigenvalue weighted by Crippen LogP contribution is -2.32. The van der Waals surface area contributed by atoms with Gasteiger partial charge in [-0.25, -0.2) is 4.98 Å². The minimum atomic E-state index is -0.264. The van der Waals surface area contributed by atoms with E-state index in [-0.39, 0.29) is 30.2 Å². The van der Waals surface area contributed by atoms with Gasteiger partial charge in [0.2, 0.25) is 5.91 Å². The molecule has 4 rings (SSSR count). The van der Waals surface area contributed by atoms with Crippen LogP contribution in [0.3, 0.4) is 0 Å². The summed E-state index contributed by atoms with van der Waals surface area (Å²) in [6.07, 6.45) is 0.166. The summed E-state index contributed by atoms with van der Waals surface area (Å²) in [4.78, 5) is 35.9. The molecule has 0 aliphatic carbocycles. The molecular weight excluding hydrogens is 410 g/mol. The quantitative estimate of drug-likeness (QED) is 0.481. The average molecular weight is 433 g/mol. The molecule has 0 atom stereocenters. The van der Waals surface area contributed by atoms with E-state index in [2.05, 4.69) is 15.1 Å². The molecule has 4 aromatic rings. The van der Waals surface area contributed by atoms with Crippen molar-refractivity contribution in [3.63, 3.8) is 0 Å². The van der Waals surface area contributed by atoms with Crippen molar-refractivity contribution >= 4 is 17.4 Å². The molecule has 0 fully saturated rings. The Hall–Kier alpha value is -4.14. The molecule has 0 radical (unpaired) electrons. The first-order chi connectivity index (χ1) is 15.5. The highest BCUT2D eigenvalue weighted by molar-refractivity contribution is 5.96. The second kappa shape index (κ2) is 8.93. The number of hydrogen-bond donors (Lipinski definition) is 1. The van der Waals surface area contributed by atoms with Gasteiger partial charge in [-0.15, -0.1) is 0 Å². The van der Waals surface area contributed by atoms with Crippen LogP contribution in [0.2, 0.25) is 0 Å². The summed E-state index contributed by atoms with van der Waals surface area (Å²) in [6.45, 7) is 1.84. The largest absolute Gasteiger partial charge is 0.497 e. The van der Waals surface area contributed by atoms with E-state index in [0.717, 1.165) is 11.3 Å². The number of rotatable bonds is 7. The highest BCUT2D eigenvalue weighted by atomic mass is 16.5. The van der Waals surface area contributed by atoms with E-state index in [1.54, 1.807) is 32.1 Å². The van der Waals surface area contributed by atoms with Crippen LogP contribution in [0.5, 0.6) is 11.5 Å². The van der Waals surface area contributed by atoms with Gasteiger partial charge in [-0.1, -0.05) is 24.3 Å². The number of fused-ring (bicyclic) bond motifs is 1. The van der Waals surface area contributed by atoms with Crippen molar-refractivity contribution in [1.29, 1.82) is 0 Å². The first-order valence-corrected chi connectivity index (χ1v) is 10.00. The molecule has 164 valence electrons. The van der Waals surface area contributed by atoms with Gasteiger partial charge in [0.1, 0.15) is 17.3 Å². The standard InChI is InChI=1S/C23H23N5O4/c1-15-12-22(30)28-23(24-15)25-20(26-28)14-27(18-6-4-5-7-19(18)32-3)21(29)13-16-8-10-17(31-2)11-9-16/h4-12H,13-14H2,1-3H3,(H,24,25,26). The van der Waals surface area contributed by atoms with Gasteiger partial charge in [-0.3, -0.25) is 14.7 Å². The van der Waals surface area contributed by atoms with Crippen LogP contribution < -0.4 is 19.9 Å². The van der Waals surface area contributed by atoms with Gasteiger partial charge in [0, 0.05) is 11.8 Å². The van der Waals surface area contributed by atoms with Crippen LogP contribution in [-0.2, 0) is 17.8 Å². The van der Waals surface area contributed by atoms with Gasteiger partial charge in [-0.2, -0.15) is 9.50 Å². The Kier molecular flexibility index (Phi) is 5.89. The number of carbonyl (C=O) groups excluding carboxylic acids is 1. The lowest BCUT2D eigenvalue weighted by atomic mass is 10.1. The Labute approximate surface area is 184 Å². The lowest BCUT2D eigenvalue weighted by Gasteiger charge is -2.24. The maximum atomic E-state index is 13.4. The molecule has 0 saturated carbocycles. The van der Waals surface area contributed by atoms with Crippen molar-refractivity contribution in [2.45, 2.75) is 19.9 Å². The molecule has 0 spiro atoms. The average Bonchev–Trinajstić information content (AvgIpc) is 3.21. The van der Waals surface area contributed by atoms with Gasteiger partial charge in [0.25, 0.3) is 11.3 Å². The number of amides is 1. The molecule has 0 aliphatic heterocycles. The number of aromatic amines is 1. The van der Waals surface area contributed by atoms with E-state index >= 15 is 0 Å². The monoisotopic (exact) mass is 433 g/mol. The zero-order chi connectivity index (χ0) is 22.7. The maximum absolute atomic E-state index is 13.4. The minimum Gasteiger partial charge on any atom is -0.497 e. The van der Waals surface area contributed by atoms with Gasteiger partial charge in [-0.05, 0) is 36.8 Å². The van der Waals surface area contributed by atoms with Crippen LogP contribution in [0, 0.1) is 6.92 Å². The van der Waals surface area contributed by atoms with Crippen LogP contribution in [0.15, 0.2) is 59.4 Å². The molecule has 2 aromatic heterocycles. The molecule has 9 nitrogen and oxygen atoms in total. The molecule has 0 bridgehead atoms. The molecule has 1 amide bonds. The number of benzene rings is 2. The fourth-order valence-corrected chi connectivity index (χ4v) is 3.43. The number of ether oxygens (including phenoxy) is 2. The predicted octanol–water partition coefficient (Wildman–Crippen LogP) is 2.52. The number of carbonyl (C=O) groups is 1. The summed E-state index contributed by atoms with van der Waals surface area (Å²) in [7, 11) is 3.15. The fraction of sp³-hybridized carbons (Fsp3) is 0.217. The molecule has 0 aliphatic rings. The summed E-state index contributed by atoms with van der Waals surface area (Å²) < 4.78 is 11.9. The van der Waals surface area contributed by atoms with Crippen molar-refractivity contribution in [1.82, 2.24) is 19.6 Å². The summed E-state index contributed by atoms with van der Waals surface area (Å²) in [5.41, 5.74) is 1.75. The number of aromatic nitrogens is 4. The Morgan fingerprint density at radius 1 is 1.06 bits per heavy atom. The van der Waals surface area contributed by atoms with Gasteiger partial charge < -0.3 is 14.4 Å². The molecule has 2 aromatic carbocycles. The van der Waals surface area contributed by atoms with Crippen LogP contribution in [0.1, 0.15) is 17.1 Å². The van der Waals surface area contributed by atoms with Crippen molar-refractivity contribution in [3.8, 4) is 11.5 Å². The summed E-state index contributed by atoms with van der Waals surface area (Å²) in [5, 5.41) is 2.94. The van der Waals surface area contributed by atoms with Gasteiger partial charge in [0.05, 0.1) is 32.9 Å². The summed E-state index contributed by atoms with van der Waals surface area (Å²) in [6, 6.07) is 16.0. The second-order valence-corrected chi connectivity index (χ2v) is 7.22. The topological polar surface area (TPSA) is 102 Å². The molecule has 2 heterocycles. The number of H-pyrrole nitrogens is 1. The van der Waals surface area contributed by atoms with E-state index in [1.807, 2.05) is 42.5 Å². The molecule has 32 heavy (non-hydrogen) atoms. The number of aryl methyl sites for hydroxylation is 1. The molecule has 0 unspecified atom stereocenters. The van der Waals surface area contributed by atoms with Crippen LogP contribution in [-0.4, -0.2) is 39.7 Å². The lowest BCUT2D eigenvalue weighted by molar-refractivity contribution is -0.118. The minimum absolute atomic E-state index is 0.108. The van der Waals surface area contributed by atoms with Crippen LogP contribution in [0.4, 0.5) is 5.69 Å². The smallest absolute Gasteiger partial charge is 0.274 e. The van der Waals surface area contributed by atoms with E-state index in [9.17, 15) is 9.59 Å². The number of nitrogens with zero attached hydrogens (tertiary/aromatic N) is 4. The van der Waals surface area contributed by atoms with Crippen LogP contribution >= 0.6 is 0 Å². The highest BCUT2D eigenvalue weighted by Crippen LogP contribution is 2.29. The molecular formula is C23H23N5O4. The number of hydrogen-bond acceptors (Lipinski definition) is 6. The van der Waals surface area contributed by atoms with Crippen molar-refractivity contribution in [3.05, 3.63) is 82.0 Å². The van der Waals surface area contributed by atoms with Crippen molar-refractivity contribution in [2.75, 3.05) is 19.1 Å². The van der Waals surface area contributed by atoms with E-state index < -0.39 is 0 Å². The molecule has 1 N–H and O–H groups in total. The van der Waals surface area contributed by atoms with E-state index in [0.29, 0.717) is 23.0 Å². The van der Waals surface area contributed by atoms with E-state index in [4.69, 9.17) is 9.47 Å². The summed E-state index contributed by atoms with van der Waals surface area (Å²) >= 11 is 0. The third kappa shape index (κ3) is 4.31. The van der Waals surface area contributed by atoms with Crippen molar-refractivity contribution < 1.29 is 14.3 Å². The number of anilines is 1. The maximum Gasteiger partial charge on any atom is 0.274 e. The van der Waals surface area contributed by atoms with E-state index in [1.165, 1.54) is 10.6 Å². The Balaban J connectivity index is 1.69.